The summed E-state index contributed by atoms with van der Waals surface area (Å²) >= 11 is 0. The Kier molecular flexibility index (Phi) is 64.8. The fourth-order valence-electron chi connectivity index (χ4n) is 9.10. The summed E-state index contributed by atoms with van der Waals surface area (Å²) < 4.78 is 16.9. The third-order valence-corrected chi connectivity index (χ3v) is 14.1. The molecule has 0 saturated heterocycles. The Bertz CT molecular complexity index is 1780. The van der Waals surface area contributed by atoms with Crippen LogP contribution in [0.5, 0.6) is 0 Å². The van der Waals surface area contributed by atoms with Crippen LogP contribution in [0.2, 0.25) is 0 Å². The number of unbranched alkanes of at least 4 members (excludes halogenated alkanes) is 25. The van der Waals surface area contributed by atoms with Crippen LogP contribution in [-0.2, 0) is 28.6 Å². The van der Waals surface area contributed by atoms with Crippen LogP contribution in [0.1, 0.15) is 297 Å². The largest absolute Gasteiger partial charge is 0.462 e. The Morgan fingerprint density at radius 1 is 0.256 bits per heavy atom. The van der Waals surface area contributed by atoms with Crippen LogP contribution in [0.4, 0.5) is 0 Å². The second-order valence-electron chi connectivity index (χ2n) is 22.0. The SMILES string of the molecule is CC/C=C\C/C=C\C/C=C\C/C=C\C/C=C\C/C=C\C/C=C\C/C=C\CCCCCCCCCCC(=O)OCC(COC(=O)CCCCCCCCCCCCCC)OC(=O)CCCCCCCC/C=C\C/C=C\C/C=C\C/C=C\CC. The van der Waals surface area contributed by atoms with Crippen molar-refractivity contribution in [1.82, 2.24) is 0 Å². The van der Waals surface area contributed by atoms with E-state index < -0.39 is 6.10 Å². The third-order valence-electron chi connectivity index (χ3n) is 14.1. The highest BCUT2D eigenvalue weighted by molar-refractivity contribution is 5.71. The van der Waals surface area contributed by atoms with E-state index in [0.717, 1.165) is 154 Å². The smallest absolute Gasteiger partial charge is 0.306 e. The van der Waals surface area contributed by atoms with E-state index in [-0.39, 0.29) is 31.1 Å². The molecule has 0 aliphatic heterocycles. The van der Waals surface area contributed by atoms with Gasteiger partial charge in [0.15, 0.2) is 6.10 Å². The van der Waals surface area contributed by atoms with Crippen molar-refractivity contribution in [2.75, 3.05) is 13.2 Å². The molecule has 0 aromatic rings. The number of ether oxygens (including phenoxy) is 3. The zero-order valence-corrected chi connectivity index (χ0v) is 53.2. The molecule has 1 unspecified atom stereocenters. The van der Waals surface area contributed by atoms with Gasteiger partial charge in [-0.15, -0.1) is 0 Å². The van der Waals surface area contributed by atoms with Crippen LogP contribution in [0.3, 0.4) is 0 Å². The van der Waals surface area contributed by atoms with Crippen molar-refractivity contribution < 1.29 is 28.6 Å². The quantitative estimate of drug-likeness (QED) is 0.0261. The van der Waals surface area contributed by atoms with Gasteiger partial charge in [-0.2, -0.15) is 0 Å². The topological polar surface area (TPSA) is 78.9 Å². The average Bonchev–Trinajstić information content (AvgIpc) is 3.47. The molecular formula is C76H124O6. The normalized spacial score (nSPS) is 13.1. The van der Waals surface area contributed by atoms with E-state index in [1.54, 1.807) is 0 Å². The summed E-state index contributed by atoms with van der Waals surface area (Å²) in [6.07, 6.45) is 98.6. The summed E-state index contributed by atoms with van der Waals surface area (Å²) in [5.41, 5.74) is 0. The molecule has 82 heavy (non-hydrogen) atoms. The monoisotopic (exact) mass is 1130 g/mol. The molecule has 0 aliphatic rings. The fraction of sp³-hybridized carbons (Fsp3) is 0.645. The first-order valence-corrected chi connectivity index (χ1v) is 33.8. The first-order chi connectivity index (χ1) is 40.5. The number of rotatable bonds is 60. The van der Waals surface area contributed by atoms with Crippen LogP contribution < -0.4 is 0 Å². The van der Waals surface area contributed by atoms with Gasteiger partial charge in [0.25, 0.3) is 0 Å². The molecule has 0 saturated carbocycles. The molecule has 0 aromatic carbocycles. The summed E-state index contributed by atoms with van der Waals surface area (Å²) in [7, 11) is 0. The number of allylic oxidation sites excluding steroid dienone is 24. The van der Waals surface area contributed by atoms with Crippen molar-refractivity contribution >= 4 is 17.9 Å². The first-order valence-electron chi connectivity index (χ1n) is 33.8. The van der Waals surface area contributed by atoms with Crippen molar-refractivity contribution in [3.05, 3.63) is 146 Å². The third kappa shape index (κ3) is 66.1. The average molecular weight is 1130 g/mol. The van der Waals surface area contributed by atoms with Crippen LogP contribution in [0.15, 0.2) is 146 Å². The Hall–Kier alpha value is -4.71. The molecule has 0 fully saturated rings. The van der Waals surface area contributed by atoms with Crippen molar-refractivity contribution in [1.29, 1.82) is 0 Å². The van der Waals surface area contributed by atoms with Gasteiger partial charge in [0.2, 0.25) is 0 Å². The van der Waals surface area contributed by atoms with Crippen molar-refractivity contribution in [3.63, 3.8) is 0 Å². The van der Waals surface area contributed by atoms with Crippen molar-refractivity contribution in [2.45, 2.75) is 303 Å². The molecule has 0 heterocycles. The molecule has 464 valence electrons. The van der Waals surface area contributed by atoms with E-state index in [1.165, 1.54) is 103 Å². The highest BCUT2D eigenvalue weighted by atomic mass is 16.6. The molecular weight excluding hydrogens is 1010 g/mol. The highest BCUT2D eigenvalue weighted by Gasteiger charge is 2.19. The minimum absolute atomic E-state index is 0.0880. The lowest BCUT2D eigenvalue weighted by Crippen LogP contribution is -2.30. The molecule has 0 N–H and O–H groups in total. The van der Waals surface area contributed by atoms with Gasteiger partial charge < -0.3 is 14.2 Å². The minimum atomic E-state index is -0.794. The van der Waals surface area contributed by atoms with Crippen LogP contribution in [0.25, 0.3) is 0 Å². The summed E-state index contributed by atoms with van der Waals surface area (Å²) in [5, 5.41) is 0. The Labute approximate surface area is 506 Å². The van der Waals surface area contributed by atoms with Gasteiger partial charge in [0.1, 0.15) is 13.2 Å². The minimum Gasteiger partial charge on any atom is -0.462 e. The van der Waals surface area contributed by atoms with Gasteiger partial charge in [-0.25, -0.2) is 0 Å². The lowest BCUT2D eigenvalue weighted by molar-refractivity contribution is -0.167. The van der Waals surface area contributed by atoms with E-state index in [9.17, 15) is 14.4 Å². The molecule has 6 heteroatoms. The Morgan fingerprint density at radius 2 is 0.476 bits per heavy atom. The number of carbonyl (C=O) groups excluding carboxylic acids is 3. The maximum absolute atomic E-state index is 12.9. The summed E-state index contributed by atoms with van der Waals surface area (Å²) in [6.45, 7) is 6.40. The molecule has 0 spiro atoms. The standard InChI is InChI=1S/C76H124O6/c1-4-7-10-13-16-19-22-25-27-29-31-32-33-34-35-36-37-38-39-40-41-42-43-44-46-47-49-51-54-57-60-63-66-69-75(78)81-72-73(71-80-74(77)68-65-62-59-56-53-24-21-18-15-12-9-6-3)82-76(79)70-67-64-61-58-55-52-50-48-45-30-28-26-23-20-17-14-11-8-5-2/h7-8,10-11,16-17,19-20,25-28,31-32,34-35,37-38,40-41,43-45,48,73H,4-6,9,12-15,18,21-24,29-30,33,36,39,42,46-47,49-72H2,1-3H3/b10-7-,11-8-,19-16-,20-17-,27-25-,28-26-,32-31-,35-34-,38-37-,41-40-,44-43-,48-45-. The van der Waals surface area contributed by atoms with Gasteiger partial charge in [-0.05, 0) is 122 Å². The van der Waals surface area contributed by atoms with Crippen molar-refractivity contribution in [2.24, 2.45) is 0 Å². The van der Waals surface area contributed by atoms with E-state index >= 15 is 0 Å². The van der Waals surface area contributed by atoms with Gasteiger partial charge in [0.05, 0.1) is 0 Å². The zero-order valence-electron chi connectivity index (χ0n) is 53.2. The lowest BCUT2D eigenvalue weighted by atomic mass is 10.0. The predicted molar refractivity (Wildman–Crippen MR) is 357 cm³/mol. The number of esters is 3. The van der Waals surface area contributed by atoms with E-state index in [0.29, 0.717) is 19.3 Å². The second-order valence-corrected chi connectivity index (χ2v) is 22.0. The zero-order chi connectivity index (χ0) is 59.2. The number of carbonyl (C=O) groups is 3. The molecule has 0 rings (SSSR count). The molecule has 6 nitrogen and oxygen atoms in total. The fourth-order valence-corrected chi connectivity index (χ4v) is 9.10. The molecule has 0 bridgehead atoms. The predicted octanol–water partition coefficient (Wildman–Crippen LogP) is 23.5. The summed E-state index contributed by atoms with van der Waals surface area (Å²) in [6, 6.07) is 0. The molecule has 1 atom stereocenters. The van der Waals surface area contributed by atoms with E-state index in [2.05, 4.69) is 167 Å². The molecule has 0 radical (unpaired) electrons. The molecule has 0 amide bonds. The number of hydrogen-bond acceptors (Lipinski definition) is 6. The maximum Gasteiger partial charge on any atom is 0.306 e. The molecule has 0 aliphatic carbocycles. The van der Waals surface area contributed by atoms with Gasteiger partial charge in [-0.1, -0.05) is 301 Å². The molecule has 0 aromatic heterocycles. The van der Waals surface area contributed by atoms with Crippen LogP contribution in [-0.4, -0.2) is 37.2 Å². The number of hydrogen-bond donors (Lipinski definition) is 0. The summed E-state index contributed by atoms with van der Waals surface area (Å²) in [5.74, 6) is -0.907. The van der Waals surface area contributed by atoms with Gasteiger partial charge >= 0.3 is 17.9 Å². The van der Waals surface area contributed by atoms with Crippen LogP contribution in [0, 0.1) is 0 Å². The van der Waals surface area contributed by atoms with E-state index in [4.69, 9.17) is 14.2 Å². The second kappa shape index (κ2) is 68.8. The van der Waals surface area contributed by atoms with Gasteiger partial charge in [0, 0.05) is 19.3 Å². The first kappa shape index (κ1) is 77.3. The maximum atomic E-state index is 12.9. The highest BCUT2D eigenvalue weighted by Crippen LogP contribution is 2.16. The van der Waals surface area contributed by atoms with Gasteiger partial charge in [-0.3, -0.25) is 14.4 Å². The Balaban J connectivity index is 4.30. The lowest BCUT2D eigenvalue weighted by Gasteiger charge is -2.18. The van der Waals surface area contributed by atoms with Crippen LogP contribution >= 0.6 is 0 Å². The summed E-state index contributed by atoms with van der Waals surface area (Å²) in [4.78, 5) is 38.3. The van der Waals surface area contributed by atoms with Crippen molar-refractivity contribution in [3.8, 4) is 0 Å². The van der Waals surface area contributed by atoms with E-state index in [1.807, 2.05) is 0 Å². The Morgan fingerprint density at radius 3 is 0.744 bits per heavy atom.